The highest BCUT2D eigenvalue weighted by Crippen LogP contribution is 2.50. The fraction of sp³-hybridized carbons (Fsp3) is 0.217. The lowest BCUT2D eigenvalue weighted by molar-refractivity contribution is -0.116. The molecule has 0 spiro atoms. The van der Waals surface area contributed by atoms with E-state index < -0.39 is 11.8 Å². The van der Waals surface area contributed by atoms with Crippen LogP contribution in [-0.4, -0.2) is 30.7 Å². The molecular weight excluding hydrogens is 421 g/mol. The fourth-order valence-corrected chi connectivity index (χ4v) is 5.02. The molecule has 6 nitrogen and oxygen atoms in total. The smallest absolute Gasteiger partial charge is 0.346 e. The minimum atomic E-state index is -1.10. The summed E-state index contributed by atoms with van der Waals surface area (Å²) < 4.78 is 24.4. The Labute approximate surface area is 182 Å². The number of carboxylic acids is 1. The highest BCUT2D eigenvalue weighted by molar-refractivity contribution is 7.15. The van der Waals surface area contributed by atoms with Gasteiger partial charge in [0.25, 0.3) is 0 Å². The number of hydrogen-bond donors (Lipinski definition) is 2. The third kappa shape index (κ3) is 3.86. The number of hydrogen-bond acceptors (Lipinski definition) is 5. The van der Waals surface area contributed by atoms with Gasteiger partial charge < -0.3 is 19.9 Å². The number of halogens is 1. The Morgan fingerprint density at radius 1 is 1.23 bits per heavy atom. The SMILES string of the molecule is CCOc1cc([C@H]2CC(=O)Nc3c2sc(C(=O)O)c3-c2ccc(F)cc2)ccc1OC. The number of methoxy groups -OCH3 is 1. The van der Waals surface area contributed by atoms with Crippen molar-refractivity contribution in [3.05, 3.63) is 63.6 Å². The number of ether oxygens (including phenoxy) is 2. The Morgan fingerprint density at radius 2 is 1.97 bits per heavy atom. The monoisotopic (exact) mass is 441 g/mol. The molecule has 4 rings (SSSR count). The number of anilines is 1. The summed E-state index contributed by atoms with van der Waals surface area (Å²) in [6.07, 6.45) is 0.174. The summed E-state index contributed by atoms with van der Waals surface area (Å²) in [6, 6.07) is 11.0. The molecule has 1 atom stereocenters. The first-order valence-corrected chi connectivity index (χ1v) is 10.5. The van der Waals surface area contributed by atoms with Crippen LogP contribution < -0.4 is 14.8 Å². The summed E-state index contributed by atoms with van der Waals surface area (Å²) in [7, 11) is 1.55. The van der Waals surface area contributed by atoms with Gasteiger partial charge in [-0.1, -0.05) is 18.2 Å². The number of rotatable bonds is 6. The lowest BCUT2D eigenvalue weighted by Crippen LogP contribution is -2.22. The largest absolute Gasteiger partial charge is 0.493 e. The van der Waals surface area contributed by atoms with E-state index in [0.717, 1.165) is 21.8 Å². The first kappa shape index (κ1) is 20.9. The van der Waals surface area contributed by atoms with Gasteiger partial charge in [-0.3, -0.25) is 4.79 Å². The quantitative estimate of drug-likeness (QED) is 0.554. The van der Waals surface area contributed by atoms with Crippen LogP contribution in [0, 0.1) is 5.82 Å². The van der Waals surface area contributed by atoms with Crippen LogP contribution in [0.25, 0.3) is 11.1 Å². The normalized spacial score (nSPS) is 15.2. The molecule has 0 radical (unpaired) electrons. The molecule has 2 aromatic carbocycles. The molecule has 8 heteroatoms. The van der Waals surface area contributed by atoms with E-state index in [0.29, 0.717) is 34.9 Å². The molecule has 1 aliphatic heterocycles. The number of carbonyl (C=O) groups is 2. The number of aromatic carboxylic acids is 1. The van der Waals surface area contributed by atoms with Gasteiger partial charge >= 0.3 is 5.97 Å². The number of benzene rings is 2. The van der Waals surface area contributed by atoms with Crippen LogP contribution in [0.5, 0.6) is 11.5 Å². The minimum Gasteiger partial charge on any atom is -0.493 e. The molecule has 0 saturated carbocycles. The molecule has 0 unspecified atom stereocenters. The number of carboxylic acid groups (broad SMARTS) is 1. The molecule has 0 aliphatic carbocycles. The lowest BCUT2D eigenvalue weighted by Gasteiger charge is -2.24. The van der Waals surface area contributed by atoms with Crippen LogP contribution in [0.4, 0.5) is 10.1 Å². The zero-order valence-corrected chi connectivity index (χ0v) is 17.7. The highest BCUT2D eigenvalue weighted by Gasteiger charge is 2.34. The summed E-state index contributed by atoms with van der Waals surface area (Å²) >= 11 is 1.12. The Kier molecular flexibility index (Phi) is 5.65. The van der Waals surface area contributed by atoms with Gasteiger partial charge in [-0.25, -0.2) is 9.18 Å². The minimum absolute atomic E-state index is 0.0994. The molecule has 1 aromatic heterocycles. The molecule has 2 N–H and O–H groups in total. The van der Waals surface area contributed by atoms with Gasteiger partial charge in [0.05, 0.1) is 19.4 Å². The molecule has 0 bridgehead atoms. The summed E-state index contributed by atoms with van der Waals surface area (Å²) in [5, 5.41) is 12.7. The molecule has 3 aromatic rings. The first-order chi connectivity index (χ1) is 14.9. The van der Waals surface area contributed by atoms with Gasteiger partial charge in [0.1, 0.15) is 10.7 Å². The fourth-order valence-electron chi connectivity index (χ4n) is 3.78. The van der Waals surface area contributed by atoms with Gasteiger partial charge in [0, 0.05) is 22.8 Å². The van der Waals surface area contributed by atoms with Crippen LogP contribution in [-0.2, 0) is 4.79 Å². The van der Waals surface area contributed by atoms with Crippen molar-refractivity contribution in [1.29, 1.82) is 0 Å². The Hall–Kier alpha value is -3.39. The van der Waals surface area contributed by atoms with Crippen molar-refractivity contribution in [1.82, 2.24) is 0 Å². The number of amides is 1. The van der Waals surface area contributed by atoms with Crippen LogP contribution >= 0.6 is 11.3 Å². The van der Waals surface area contributed by atoms with Crippen molar-refractivity contribution in [3.8, 4) is 22.6 Å². The van der Waals surface area contributed by atoms with Crippen LogP contribution in [0.3, 0.4) is 0 Å². The van der Waals surface area contributed by atoms with Gasteiger partial charge in [0.15, 0.2) is 11.5 Å². The number of carbonyl (C=O) groups excluding carboxylic acids is 1. The molecule has 31 heavy (non-hydrogen) atoms. The first-order valence-electron chi connectivity index (χ1n) is 9.69. The van der Waals surface area contributed by atoms with Gasteiger partial charge in [0.2, 0.25) is 5.91 Å². The summed E-state index contributed by atoms with van der Waals surface area (Å²) in [4.78, 5) is 25.4. The Bertz CT molecular complexity index is 1160. The predicted molar refractivity (Wildman–Crippen MR) is 116 cm³/mol. The van der Waals surface area contributed by atoms with E-state index in [2.05, 4.69) is 5.32 Å². The summed E-state index contributed by atoms with van der Waals surface area (Å²) in [5.41, 5.74) is 2.21. The van der Waals surface area contributed by atoms with E-state index in [1.54, 1.807) is 13.2 Å². The number of nitrogens with one attached hydrogen (secondary N) is 1. The van der Waals surface area contributed by atoms with Crippen molar-refractivity contribution >= 4 is 28.9 Å². The maximum Gasteiger partial charge on any atom is 0.346 e. The summed E-state index contributed by atoms with van der Waals surface area (Å²) in [5.74, 6) is -0.945. The van der Waals surface area contributed by atoms with Gasteiger partial charge in [-0.05, 0) is 42.3 Å². The van der Waals surface area contributed by atoms with E-state index in [1.807, 2.05) is 19.1 Å². The van der Waals surface area contributed by atoms with E-state index in [-0.39, 0.29) is 23.1 Å². The average Bonchev–Trinajstić information content (AvgIpc) is 3.13. The van der Waals surface area contributed by atoms with Crippen LogP contribution in [0.1, 0.15) is 39.4 Å². The molecule has 0 saturated heterocycles. The predicted octanol–water partition coefficient (Wildman–Crippen LogP) is 5.13. The molecular formula is C23H20FNO5S. The highest BCUT2D eigenvalue weighted by atomic mass is 32.1. The lowest BCUT2D eigenvalue weighted by atomic mass is 9.88. The van der Waals surface area contributed by atoms with Crippen molar-refractivity contribution in [2.24, 2.45) is 0 Å². The topological polar surface area (TPSA) is 84.9 Å². The van der Waals surface area contributed by atoms with Crippen molar-refractivity contribution in [2.45, 2.75) is 19.3 Å². The van der Waals surface area contributed by atoms with Crippen LogP contribution in [0.2, 0.25) is 0 Å². The van der Waals surface area contributed by atoms with Crippen molar-refractivity contribution in [2.75, 3.05) is 19.0 Å². The molecule has 160 valence electrons. The number of thiophene rings is 1. The Balaban J connectivity index is 1.88. The second-order valence-corrected chi connectivity index (χ2v) is 8.06. The Morgan fingerprint density at radius 3 is 2.61 bits per heavy atom. The second kappa shape index (κ2) is 8.39. The maximum atomic E-state index is 13.4. The number of fused-ring (bicyclic) bond motifs is 1. The van der Waals surface area contributed by atoms with Gasteiger partial charge in [-0.2, -0.15) is 0 Å². The third-order valence-electron chi connectivity index (χ3n) is 5.12. The second-order valence-electron chi connectivity index (χ2n) is 7.01. The zero-order valence-electron chi connectivity index (χ0n) is 16.9. The van der Waals surface area contributed by atoms with E-state index in [4.69, 9.17) is 9.47 Å². The zero-order chi connectivity index (χ0) is 22.1. The third-order valence-corrected chi connectivity index (χ3v) is 6.41. The molecule has 1 amide bonds. The molecule has 0 fully saturated rings. The van der Waals surface area contributed by atoms with E-state index in [9.17, 15) is 19.1 Å². The van der Waals surface area contributed by atoms with E-state index >= 15 is 0 Å². The van der Waals surface area contributed by atoms with Gasteiger partial charge in [-0.15, -0.1) is 11.3 Å². The molecule has 2 heterocycles. The van der Waals surface area contributed by atoms with Crippen molar-refractivity contribution in [3.63, 3.8) is 0 Å². The van der Waals surface area contributed by atoms with Crippen LogP contribution in [0.15, 0.2) is 42.5 Å². The average molecular weight is 441 g/mol. The van der Waals surface area contributed by atoms with E-state index in [1.165, 1.54) is 24.3 Å². The molecule has 1 aliphatic rings. The van der Waals surface area contributed by atoms with Crippen molar-refractivity contribution < 1.29 is 28.6 Å². The summed E-state index contributed by atoms with van der Waals surface area (Å²) in [6.45, 7) is 2.32. The standard InChI is InChI=1S/C23H20FNO5S/c1-3-30-17-10-13(6-9-16(17)29-2)15-11-18(26)25-20-19(12-4-7-14(24)8-5-12)22(23(27)28)31-21(15)20/h4-10,15H,3,11H2,1-2H3,(H,25,26)(H,27,28)/t15-/m1/s1. The maximum absolute atomic E-state index is 13.4.